The first-order valence-electron chi connectivity index (χ1n) is 4.61. The predicted molar refractivity (Wildman–Crippen MR) is 46.2 cm³/mol. The van der Waals surface area contributed by atoms with Gasteiger partial charge in [-0.15, -0.1) is 0 Å². The summed E-state index contributed by atoms with van der Waals surface area (Å²) in [6.07, 6.45) is 1.01. The Balaban J connectivity index is 2.03. The van der Waals surface area contributed by atoms with Crippen LogP contribution in [0.5, 0.6) is 0 Å². The molecule has 1 spiro atoms. The molecule has 0 saturated carbocycles. The SMILES string of the molecule is CC1(C)CC2(CNCCO2)CO1. The third kappa shape index (κ3) is 1.49. The Bertz CT molecular complexity index is 173. The van der Waals surface area contributed by atoms with Crippen LogP contribution in [-0.4, -0.2) is 37.5 Å². The van der Waals surface area contributed by atoms with Gasteiger partial charge in [0, 0.05) is 19.5 Å². The molecule has 2 aliphatic rings. The first kappa shape index (κ1) is 8.48. The third-order valence-corrected chi connectivity index (χ3v) is 2.61. The Hall–Kier alpha value is -0.120. The van der Waals surface area contributed by atoms with E-state index in [-0.39, 0.29) is 11.2 Å². The fourth-order valence-electron chi connectivity index (χ4n) is 2.12. The molecule has 0 aromatic carbocycles. The normalized spacial score (nSPS) is 40.5. The van der Waals surface area contributed by atoms with E-state index >= 15 is 0 Å². The van der Waals surface area contributed by atoms with Crippen molar-refractivity contribution < 1.29 is 9.47 Å². The van der Waals surface area contributed by atoms with Crippen LogP contribution in [0.4, 0.5) is 0 Å². The van der Waals surface area contributed by atoms with E-state index in [1.165, 1.54) is 0 Å². The number of hydrogen-bond acceptors (Lipinski definition) is 3. The van der Waals surface area contributed by atoms with Crippen LogP contribution in [-0.2, 0) is 9.47 Å². The first-order valence-corrected chi connectivity index (χ1v) is 4.61. The fourth-order valence-corrected chi connectivity index (χ4v) is 2.12. The topological polar surface area (TPSA) is 30.5 Å². The zero-order valence-corrected chi connectivity index (χ0v) is 7.85. The molecule has 3 heteroatoms. The molecule has 2 rings (SSSR count). The van der Waals surface area contributed by atoms with Crippen molar-refractivity contribution in [3.8, 4) is 0 Å². The van der Waals surface area contributed by atoms with Crippen LogP contribution < -0.4 is 5.32 Å². The van der Waals surface area contributed by atoms with E-state index in [1.807, 2.05) is 0 Å². The maximum Gasteiger partial charge on any atom is 0.107 e. The average Bonchev–Trinajstić information content (AvgIpc) is 2.29. The predicted octanol–water partition coefficient (Wildman–Crippen LogP) is 0.544. The van der Waals surface area contributed by atoms with Gasteiger partial charge in [0.15, 0.2) is 0 Å². The second kappa shape index (κ2) is 2.69. The summed E-state index contributed by atoms with van der Waals surface area (Å²) in [5.74, 6) is 0. The Morgan fingerprint density at radius 2 is 2.08 bits per heavy atom. The van der Waals surface area contributed by atoms with Gasteiger partial charge in [-0.05, 0) is 13.8 Å². The van der Waals surface area contributed by atoms with E-state index in [4.69, 9.17) is 9.47 Å². The fraction of sp³-hybridized carbons (Fsp3) is 1.00. The summed E-state index contributed by atoms with van der Waals surface area (Å²) < 4.78 is 11.4. The van der Waals surface area contributed by atoms with Crippen LogP contribution >= 0.6 is 0 Å². The number of nitrogens with one attached hydrogen (secondary N) is 1. The molecule has 2 fully saturated rings. The lowest BCUT2D eigenvalue weighted by Crippen LogP contribution is -2.50. The molecule has 0 aromatic rings. The summed E-state index contributed by atoms with van der Waals surface area (Å²) >= 11 is 0. The molecule has 12 heavy (non-hydrogen) atoms. The van der Waals surface area contributed by atoms with Crippen LogP contribution in [0.2, 0.25) is 0 Å². The second-order valence-corrected chi connectivity index (χ2v) is 4.43. The maximum absolute atomic E-state index is 5.77. The van der Waals surface area contributed by atoms with Crippen LogP contribution in [0.15, 0.2) is 0 Å². The highest BCUT2D eigenvalue weighted by molar-refractivity contribution is 4.97. The molecule has 0 aliphatic carbocycles. The standard InChI is InChI=1S/C9H17NO2/c1-8(2)5-9(7-12-8)6-10-3-4-11-9/h10H,3-7H2,1-2H3. The van der Waals surface area contributed by atoms with Crippen molar-refractivity contribution in [2.24, 2.45) is 0 Å². The van der Waals surface area contributed by atoms with Crippen LogP contribution in [0.25, 0.3) is 0 Å². The molecule has 0 bridgehead atoms. The van der Waals surface area contributed by atoms with Gasteiger partial charge < -0.3 is 14.8 Å². The zero-order chi connectivity index (χ0) is 8.66. The van der Waals surface area contributed by atoms with Gasteiger partial charge >= 0.3 is 0 Å². The number of rotatable bonds is 0. The van der Waals surface area contributed by atoms with E-state index < -0.39 is 0 Å². The smallest absolute Gasteiger partial charge is 0.107 e. The molecular formula is C9H17NO2. The van der Waals surface area contributed by atoms with Crippen molar-refractivity contribution in [2.45, 2.75) is 31.5 Å². The lowest BCUT2D eigenvalue weighted by molar-refractivity contribution is -0.0686. The Kier molecular flexibility index (Phi) is 1.90. The molecule has 0 aromatic heterocycles. The van der Waals surface area contributed by atoms with E-state index in [0.29, 0.717) is 0 Å². The molecular weight excluding hydrogens is 154 g/mol. The highest BCUT2D eigenvalue weighted by Gasteiger charge is 2.46. The minimum atomic E-state index is -0.0260. The van der Waals surface area contributed by atoms with E-state index in [0.717, 1.165) is 32.7 Å². The molecule has 0 amide bonds. The number of hydrogen-bond donors (Lipinski definition) is 1. The lowest BCUT2D eigenvalue weighted by Gasteiger charge is -2.33. The van der Waals surface area contributed by atoms with Gasteiger partial charge in [0.2, 0.25) is 0 Å². The number of morpholine rings is 1. The van der Waals surface area contributed by atoms with Crippen LogP contribution in [0, 0.1) is 0 Å². The minimum Gasteiger partial charge on any atom is -0.372 e. The highest BCUT2D eigenvalue weighted by Crippen LogP contribution is 2.35. The monoisotopic (exact) mass is 171 g/mol. The largest absolute Gasteiger partial charge is 0.372 e. The number of ether oxygens (including phenoxy) is 2. The van der Waals surface area contributed by atoms with Gasteiger partial charge in [0.1, 0.15) is 5.60 Å². The summed E-state index contributed by atoms with van der Waals surface area (Å²) in [5.41, 5.74) is -0.0270. The molecule has 70 valence electrons. The highest BCUT2D eigenvalue weighted by atomic mass is 16.6. The molecule has 1 N–H and O–H groups in total. The Morgan fingerprint density at radius 3 is 2.58 bits per heavy atom. The van der Waals surface area contributed by atoms with E-state index in [2.05, 4.69) is 19.2 Å². The molecule has 2 aliphatic heterocycles. The quantitative estimate of drug-likeness (QED) is 0.577. The Morgan fingerprint density at radius 1 is 1.25 bits per heavy atom. The van der Waals surface area contributed by atoms with Gasteiger partial charge in [0.25, 0.3) is 0 Å². The van der Waals surface area contributed by atoms with Gasteiger partial charge in [-0.2, -0.15) is 0 Å². The first-order chi connectivity index (χ1) is 5.62. The minimum absolute atomic E-state index is 0.000972. The summed E-state index contributed by atoms with van der Waals surface area (Å²) in [7, 11) is 0. The average molecular weight is 171 g/mol. The van der Waals surface area contributed by atoms with Crippen LogP contribution in [0.3, 0.4) is 0 Å². The summed E-state index contributed by atoms with van der Waals surface area (Å²) in [5, 5.41) is 3.35. The molecule has 3 nitrogen and oxygen atoms in total. The summed E-state index contributed by atoms with van der Waals surface area (Å²) in [4.78, 5) is 0. The molecule has 0 radical (unpaired) electrons. The van der Waals surface area contributed by atoms with Gasteiger partial charge in [0.05, 0.1) is 18.8 Å². The van der Waals surface area contributed by atoms with Gasteiger partial charge in [-0.25, -0.2) is 0 Å². The summed E-state index contributed by atoms with van der Waals surface area (Å²) in [6.45, 7) is 7.73. The van der Waals surface area contributed by atoms with E-state index in [1.54, 1.807) is 0 Å². The maximum atomic E-state index is 5.77. The Labute approximate surface area is 73.4 Å². The second-order valence-electron chi connectivity index (χ2n) is 4.43. The van der Waals surface area contributed by atoms with Gasteiger partial charge in [-0.1, -0.05) is 0 Å². The van der Waals surface area contributed by atoms with Crippen LogP contribution in [0.1, 0.15) is 20.3 Å². The van der Waals surface area contributed by atoms with Crippen molar-refractivity contribution >= 4 is 0 Å². The molecule has 1 atom stereocenters. The van der Waals surface area contributed by atoms with E-state index in [9.17, 15) is 0 Å². The zero-order valence-electron chi connectivity index (χ0n) is 7.85. The van der Waals surface area contributed by atoms with Gasteiger partial charge in [-0.3, -0.25) is 0 Å². The summed E-state index contributed by atoms with van der Waals surface area (Å²) in [6, 6.07) is 0. The molecule has 2 saturated heterocycles. The van der Waals surface area contributed by atoms with Crippen molar-refractivity contribution in [3.05, 3.63) is 0 Å². The molecule has 1 unspecified atom stereocenters. The van der Waals surface area contributed by atoms with Crippen molar-refractivity contribution in [3.63, 3.8) is 0 Å². The third-order valence-electron chi connectivity index (χ3n) is 2.61. The van der Waals surface area contributed by atoms with Crippen molar-refractivity contribution in [1.82, 2.24) is 5.32 Å². The molecule has 2 heterocycles. The lowest BCUT2D eigenvalue weighted by atomic mass is 9.93. The van der Waals surface area contributed by atoms with Crippen molar-refractivity contribution in [2.75, 3.05) is 26.3 Å². The van der Waals surface area contributed by atoms with Crippen molar-refractivity contribution in [1.29, 1.82) is 0 Å².